The van der Waals surface area contributed by atoms with Crippen LogP contribution in [0.5, 0.6) is 0 Å². The molecule has 0 radical (unpaired) electrons. The molecule has 1 unspecified atom stereocenters. The third kappa shape index (κ3) is 6.03. The van der Waals surface area contributed by atoms with Gasteiger partial charge in [-0.05, 0) is 0 Å². The number of cyclic esters (lactones) is 1. The second-order valence-corrected chi connectivity index (χ2v) is 11.1. The zero-order valence-corrected chi connectivity index (χ0v) is 21.8. The highest BCUT2D eigenvalue weighted by molar-refractivity contribution is 7.84. The molecule has 4 rings (SSSR count). The summed E-state index contributed by atoms with van der Waals surface area (Å²) in [4.78, 5) is 59.8. The number of hydrogen-bond acceptors (Lipinski definition) is 14. The first-order valence-corrected chi connectivity index (χ1v) is 13.8. The summed E-state index contributed by atoms with van der Waals surface area (Å²) in [5, 5.41) is 19.7. The number of carboxylic acids is 1. The van der Waals surface area contributed by atoms with E-state index in [1.807, 2.05) is 0 Å². The molecule has 8 N–H and O–H groups in total. The first-order chi connectivity index (χ1) is 18.4. The van der Waals surface area contributed by atoms with Crippen LogP contribution in [-0.4, -0.2) is 118 Å². The fraction of sp³-hybridized carbons (Fsp3) is 0.579. The SMILES string of the molecule is NCCNCC1CN(C[C@@H]2[C@H](NC(=O)C(=NOC3(C(=O)O)CC3)c3csc(N)n3)C(=O)N2S(=O)(=O)O)C(=O)O1. The number of nitrogens with two attached hydrogens (primary N) is 2. The first-order valence-electron chi connectivity index (χ1n) is 11.5. The molecular formula is C19H26N8O10S2. The van der Waals surface area contributed by atoms with Gasteiger partial charge in [-0.2, -0.15) is 8.42 Å². The molecule has 2 aliphatic heterocycles. The lowest BCUT2D eigenvalue weighted by molar-refractivity contribution is -0.153. The molecule has 3 amide bonds. The van der Waals surface area contributed by atoms with Crippen LogP contribution in [0.25, 0.3) is 0 Å². The van der Waals surface area contributed by atoms with E-state index in [4.69, 9.17) is 21.0 Å². The van der Waals surface area contributed by atoms with Crippen molar-refractivity contribution < 1.29 is 46.8 Å². The molecule has 1 saturated carbocycles. The van der Waals surface area contributed by atoms with Crippen molar-refractivity contribution in [2.75, 3.05) is 38.5 Å². The summed E-state index contributed by atoms with van der Waals surface area (Å²) in [7, 11) is -5.04. The largest absolute Gasteiger partial charge is 0.478 e. The van der Waals surface area contributed by atoms with E-state index in [-0.39, 0.29) is 41.1 Å². The molecule has 39 heavy (non-hydrogen) atoms. The normalized spacial score (nSPS) is 24.3. The van der Waals surface area contributed by atoms with Crippen molar-refractivity contribution in [1.29, 1.82) is 0 Å². The summed E-state index contributed by atoms with van der Waals surface area (Å²) in [6.07, 6.45) is -1.06. The molecule has 1 aromatic heterocycles. The van der Waals surface area contributed by atoms with Crippen molar-refractivity contribution in [2.24, 2.45) is 10.9 Å². The van der Waals surface area contributed by atoms with Gasteiger partial charge in [0.15, 0.2) is 10.8 Å². The zero-order valence-electron chi connectivity index (χ0n) is 20.2. The minimum Gasteiger partial charge on any atom is -0.478 e. The Hall–Kier alpha value is -3.59. The second-order valence-electron chi connectivity index (χ2n) is 8.94. The minimum atomic E-state index is -5.04. The van der Waals surface area contributed by atoms with E-state index < -0.39 is 70.2 Å². The van der Waals surface area contributed by atoms with Gasteiger partial charge in [0.2, 0.25) is 5.60 Å². The molecule has 1 aliphatic carbocycles. The van der Waals surface area contributed by atoms with Crippen molar-refractivity contribution >= 4 is 56.4 Å². The predicted octanol–water partition coefficient (Wildman–Crippen LogP) is -3.07. The lowest BCUT2D eigenvalue weighted by atomic mass is 9.97. The Kier molecular flexibility index (Phi) is 7.93. The molecule has 0 aromatic carbocycles. The quantitative estimate of drug-likeness (QED) is 0.0437. The number of β-lactam (4-membered cyclic amide) rings is 1. The van der Waals surface area contributed by atoms with Crippen molar-refractivity contribution in [1.82, 2.24) is 24.8 Å². The fourth-order valence-corrected chi connectivity index (χ4v) is 5.38. The van der Waals surface area contributed by atoms with Gasteiger partial charge in [-0.15, -0.1) is 11.3 Å². The summed E-state index contributed by atoms with van der Waals surface area (Å²) in [5.74, 6) is -3.52. The Morgan fingerprint density at radius 2 is 2.08 bits per heavy atom. The lowest BCUT2D eigenvalue weighted by Crippen LogP contribution is -2.74. The Bertz CT molecular complexity index is 1300. The number of nitrogen functional groups attached to an aromatic ring is 1. The minimum absolute atomic E-state index is 0.0387. The molecule has 3 heterocycles. The number of rotatable bonds is 13. The number of hydrogen-bond donors (Lipinski definition) is 6. The highest BCUT2D eigenvalue weighted by Gasteiger charge is 2.56. The van der Waals surface area contributed by atoms with E-state index in [1.54, 1.807) is 0 Å². The van der Waals surface area contributed by atoms with E-state index in [0.29, 0.717) is 13.1 Å². The van der Waals surface area contributed by atoms with E-state index in [9.17, 15) is 37.3 Å². The predicted molar refractivity (Wildman–Crippen MR) is 132 cm³/mol. The number of carbonyl (C=O) groups excluding carboxylic acids is 3. The molecule has 20 heteroatoms. The maximum Gasteiger partial charge on any atom is 0.410 e. The van der Waals surface area contributed by atoms with Gasteiger partial charge in [-0.1, -0.05) is 5.16 Å². The van der Waals surface area contributed by atoms with Gasteiger partial charge in [-0.3, -0.25) is 14.1 Å². The van der Waals surface area contributed by atoms with E-state index >= 15 is 0 Å². The smallest absolute Gasteiger partial charge is 0.410 e. The van der Waals surface area contributed by atoms with Crippen LogP contribution >= 0.6 is 11.3 Å². The molecule has 2 saturated heterocycles. The highest BCUT2D eigenvalue weighted by Crippen LogP contribution is 2.40. The molecule has 0 spiro atoms. The number of anilines is 1. The van der Waals surface area contributed by atoms with Crippen LogP contribution in [-0.2, 0) is 34.3 Å². The summed E-state index contributed by atoms with van der Waals surface area (Å²) in [6, 6.07) is -2.91. The Morgan fingerprint density at radius 3 is 2.64 bits per heavy atom. The number of oxime groups is 1. The van der Waals surface area contributed by atoms with Crippen molar-refractivity contribution in [3.05, 3.63) is 11.1 Å². The molecular weight excluding hydrogens is 564 g/mol. The molecule has 3 fully saturated rings. The highest BCUT2D eigenvalue weighted by atomic mass is 32.2. The number of thiazole rings is 1. The number of ether oxygens (including phenoxy) is 1. The summed E-state index contributed by atoms with van der Waals surface area (Å²) < 4.78 is 38.7. The average Bonchev–Trinajstić information content (AvgIpc) is 3.41. The van der Waals surface area contributed by atoms with Crippen LogP contribution in [0, 0.1) is 0 Å². The van der Waals surface area contributed by atoms with Gasteiger partial charge in [-0.25, -0.2) is 18.9 Å². The zero-order chi connectivity index (χ0) is 28.5. The van der Waals surface area contributed by atoms with Gasteiger partial charge >= 0.3 is 22.4 Å². The van der Waals surface area contributed by atoms with E-state index in [1.165, 1.54) is 5.38 Å². The first kappa shape index (κ1) is 28.4. The number of aromatic nitrogens is 1. The number of aliphatic carboxylic acids is 1. The van der Waals surface area contributed by atoms with Crippen molar-refractivity contribution in [3.63, 3.8) is 0 Å². The summed E-state index contributed by atoms with van der Waals surface area (Å²) >= 11 is 0.954. The Labute approximate surface area is 225 Å². The maximum atomic E-state index is 13.2. The van der Waals surface area contributed by atoms with Gasteiger partial charge in [0.05, 0.1) is 12.6 Å². The van der Waals surface area contributed by atoms with Crippen LogP contribution in [0.2, 0.25) is 0 Å². The van der Waals surface area contributed by atoms with Crippen molar-refractivity contribution in [3.8, 4) is 0 Å². The topological polar surface area (TPSA) is 269 Å². The van der Waals surface area contributed by atoms with Crippen LogP contribution in [0.3, 0.4) is 0 Å². The van der Waals surface area contributed by atoms with Gasteiger partial charge in [0, 0.05) is 44.4 Å². The standard InChI is InChI=1S/C19H26N8O10S2/c20-3-4-22-5-9-6-26(18(32)36-9)7-11-13(15(29)27(11)39(33,34)35)24-14(28)12(10-8-38-17(21)23-10)25-37-19(1-2-19)16(30)31/h8-9,11,13,22H,1-7,20H2,(H2,21,23)(H,24,28)(H,30,31)(H,33,34,35)/t9?,11-,13+/m1/s1. The fourth-order valence-electron chi connectivity index (χ4n) is 3.96. The van der Waals surface area contributed by atoms with Crippen LogP contribution < -0.4 is 22.1 Å². The van der Waals surface area contributed by atoms with Crippen molar-refractivity contribution in [2.45, 2.75) is 36.6 Å². The second kappa shape index (κ2) is 10.9. The Balaban J connectivity index is 1.51. The number of nitrogens with zero attached hydrogens (tertiary/aromatic N) is 4. The van der Waals surface area contributed by atoms with Gasteiger partial charge in [0.25, 0.3) is 11.8 Å². The molecule has 18 nitrogen and oxygen atoms in total. The van der Waals surface area contributed by atoms with Crippen LogP contribution in [0.1, 0.15) is 18.5 Å². The molecule has 214 valence electrons. The Morgan fingerprint density at radius 1 is 1.36 bits per heavy atom. The summed E-state index contributed by atoms with van der Waals surface area (Å²) in [6.45, 7) is 0.746. The number of carbonyl (C=O) groups is 4. The monoisotopic (exact) mass is 590 g/mol. The maximum absolute atomic E-state index is 13.2. The molecule has 3 aliphatic rings. The van der Waals surface area contributed by atoms with Crippen LogP contribution in [0.4, 0.5) is 9.93 Å². The third-order valence-corrected chi connectivity index (χ3v) is 7.76. The molecule has 1 aromatic rings. The number of amides is 3. The average molecular weight is 591 g/mol. The van der Waals surface area contributed by atoms with Gasteiger partial charge in [0.1, 0.15) is 17.8 Å². The number of carboxylic acid groups (broad SMARTS) is 1. The summed E-state index contributed by atoms with van der Waals surface area (Å²) in [5.41, 5.74) is 8.85. The molecule has 3 atom stereocenters. The molecule has 0 bridgehead atoms. The third-order valence-electron chi connectivity index (χ3n) is 6.14. The number of nitrogens with one attached hydrogen (secondary N) is 2. The lowest BCUT2D eigenvalue weighted by Gasteiger charge is -2.45. The van der Waals surface area contributed by atoms with E-state index in [0.717, 1.165) is 16.2 Å². The van der Waals surface area contributed by atoms with E-state index in [2.05, 4.69) is 20.8 Å². The van der Waals surface area contributed by atoms with Crippen LogP contribution in [0.15, 0.2) is 10.5 Å². The van der Waals surface area contributed by atoms with Gasteiger partial charge < -0.3 is 41.7 Å².